The first-order valence-electron chi connectivity index (χ1n) is 8.38. The molecule has 0 spiro atoms. The van der Waals surface area contributed by atoms with E-state index in [9.17, 15) is 22.4 Å². The van der Waals surface area contributed by atoms with Gasteiger partial charge < -0.3 is 0 Å². The predicted octanol–water partition coefficient (Wildman–Crippen LogP) is 5.63. The maximum atomic E-state index is 14.6. The largest absolute Gasteiger partial charge is 0.419 e. The number of aromatic nitrogens is 2. The molecule has 0 atom stereocenters. The zero-order valence-electron chi connectivity index (χ0n) is 14.7. The van der Waals surface area contributed by atoms with E-state index in [0.29, 0.717) is 28.9 Å². The molecule has 3 aromatic rings. The molecule has 0 aliphatic heterocycles. The molecule has 0 fully saturated rings. The minimum atomic E-state index is -4.87. The molecule has 0 unspecified atom stereocenters. The number of benzene rings is 2. The first-order chi connectivity index (χ1) is 13.2. The van der Waals surface area contributed by atoms with E-state index < -0.39 is 28.5 Å². The lowest BCUT2D eigenvalue weighted by Gasteiger charge is -2.14. The second-order valence-electron chi connectivity index (χ2n) is 5.92. The van der Waals surface area contributed by atoms with Gasteiger partial charge in [0.25, 0.3) is 0 Å². The van der Waals surface area contributed by atoms with Crippen LogP contribution in [0.1, 0.15) is 12.5 Å². The van der Waals surface area contributed by atoms with Gasteiger partial charge in [-0.2, -0.15) is 30.0 Å². The van der Waals surface area contributed by atoms with Crippen molar-refractivity contribution in [1.29, 1.82) is 0 Å². The van der Waals surface area contributed by atoms with E-state index in [2.05, 4.69) is 5.10 Å². The summed E-state index contributed by atoms with van der Waals surface area (Å²) in [7, 11) is 0. The average Bonchev–Trinajstić information content (AvgIpc) is 2.63. The lowest BCUT2D eigenvalue weighted by molar-refractivity contribution is -0.139. The van der Waals surface area contributed by atoms with Crippen LogP contribution in [0.4, 0.5) is 17.6 Å². The molecule has 0 aliphatic carbocycles. The number of hydrogen-bond donors (Lipinski definition) is 0. The maximum Gasteiger partial charge on any atom is 0.419 e. The highest BCUT2D eigenvalue weighted by atomic mass is 35.5. The molecule has 3 nitrogen and oxygen atoms in total. The van der Waals surface area contributed by atoms with Crippen LogP contribution < -0.4 is 5.43 Å². The Bertz CT molecular complexity index is 1080. The lowest BCUT2D eigenvalue weighted by Crippen LogP contribution is -2.19. The Balaban J connectivity index is 2.26. The number of thioether (sulfide) groups is 1. The van der Waals surface area contributed by atoms with E-state index in [0.717, 1.165) is 17.9 Å². The Morgan fingerprint density at radius 2 is 1.96 bits per heavy atom. The minimum Gasteiger partial charge on any atom is -0.287 e. The number of alkyl halides is 3. The van der Waals surface area contributed by atoms with Crippen molar-refractivity contribution in [3.63, 3.8) is 0 Å². The van der Waals surface area contributed by atoms with Crippen molar-refractivity contribution in [2.24, 2.45) is 0 Å². The van der Waals surface area contributed by atoms with Gasteiger partial charge in [-0.05, 0) is 36.1 Å². The van der Waals surface area contributed by atoms with Crippen LogP contribution in [0.5, 0.6) is 0 Å². The third-order valence-corrected chi connectivity index (χ3v) is 5.24. The van der Waals surface area contributed by atoms with Crippen LogP contribution >= 0.6 is 23.4 Å². The van der Waals surface area contributed by atoms with Gasteiger partial charge in [-0.15, -0.1) is 0 Å². The first-order valence-corrected chi connectivity index (χ1v) is 9.91. The highest BCUT2D eigenvalue weighted by molar-refractivity contribution is 7.99. The molecule has 9 heteroatoms. The summed E-state index contributed by atoms with van der Waals surface area (Å²) in [6, 6.07) is 7.36. The fourth-order valence-electron chi connectivity index (χ4n) is 2.83. The summed E-state index contributed by atoms with van der Waals surface area (Å²) < 4.78 is 55.3. The molecule has 1 heterocycles. The Kier molecular flexibility index (Phi) is 6.00. The van der Waals surface area contributed by atoms with E-state index >= 15 is 0 Å². The third kappa shape index (κ3) is 4.03. The Labute approximate surface area is 167 Å². The third-order valence-electron chi connectivity index (χ3n) is 4.13. The molecular formula is C19H15ClF4N2OS. The summed E-state index contributed by atoms with van der Waals surface area (Å²) in [6.45, 7) is 2.38. The molecule has 2 aromatic carbocycles. The topological polar surface area (TPSA) is 34.9 Å². The SMILES string of the molecule is CCSCCn1nc(-c2cccc(C(F)(F)F)c2F)c(=O)c2ccc(Cl)cc21. The molecule has 1 aromatic heterocycles. The van der Waals surface area contributed by atoms with E-state index in [1.165, 1.54) is 16.8 Å². The van der Waals surface area contributed by atoms with Crippen molar-refractivity contribution in [1.82, 2.24) is 9.78 Å². The van der Waals surface area contributed by atoms with E-state index in [1.54, 1.807) is 17.8 Å². The summed E-state index contributed by atoms with van der Waals surface area (Å²) >= 11 is 7.66. The zero-order valence-corrected chi connectivity index (χ0v) is 16.3. The van der Waals surface area contributed by atoms with Crippen LogP contribution in [0.25, 0.3) is 22.2 Å². The van der Waals surface area contributed by atoms with Crippen molar-refractivity contribution in [2.75, 3.05) is 11.5 Å². The fraction of sp³-hybridized carbons (Fsp3) is 0.263. The van der Waals surface area contributed by atoms with Gasteiger partial charge in [0.1, 0.15) is 11.5 Å². The second kappa shape index (κ2) is 8.13. The quantitative estimate of drug-likeness (QED) is 0.389. The fourth-order valence-corrected chi connectivity index (χ4v) is 3.59. The Morgan fingerprint density at radius 1 is 1.21 bits per heavy atom. The number of rotatable bonds is 5. The average molecular weight is 431 g/mol. The Morgan fingerprint density at radius 3 is 2.64 bits per heavy atom. The van der Waals surface area contributed by atoms with E-state index in [-0.39, 0.29) is 11.1 Å². The van der Waals surface area contributed by atoms with Crippen LogP contribution in [0.2, 0.25) is 5.02 Å². The van der Waals surface area contributed by atoms with Gasteiger partial charge in [0.15, 0.2) is 0 Å². The number of halogens is 5. The highest BCUT2D eigenvalue weighted by Gasteiger charge is 2.35. The highest BCUT2D eigenvalue weighted by Crippen LogP contribution is 2.34. The summed E-state index contributed by atoms with van der Waals surface area (Å²) in [5.41, 5.74) is -2.47. The minimum absolute atomic E-state index is 0.215. The van der Waals surface area contributed by atoms with Crippen molar-refractivity contribution >= 4 is 34.3 Å². The predicted molar refractivity (Wildman–Crippen MR) is 104 cm³/mol. The number of fused-ring (bicyclic) bond motifs is 1. The van der Waals surface area contributed by atoms with Crippen LogP contribution in [0.3, 0.4) is 0 Å². The van der Waals surface area contributed by atoms with Gasteiger partial charge >= 0.3 is 6.18 Å². The normalized spacial score (nSPS) is 11.9. The molecule has 0 amide bonds. The van der Waals surface area contributed by atoms with E-state index in [1.807, 2.05) is 6.92 Å². The van der Waals surface area contributed by atoms with Gasteiger partial charge in [-0.3, -0.25) is 9.48 Å². The molecule has 0 saturated heterocycles. The van der Waals surface area contributed by atoms with Gasteiger partial charge in [0.05, 0.1) is 17.6 Å². The molecule has 0 bridgehead atoms. The standard InChI is InChI=1S/C19H15ClF4N2OS/c1-2-28-9-8-26-15-10-11(20)6-7-12(15)18(27)17(25-26)13-4-3-5-14(16(13)21)19(22,23)24/h3-7,10H,2,8-9H2,1H3. The van der Waals surface area contributed by atoms with Crippen molar-refractivity contribution in [3.05, 3.63) is 63.0 Å². The molecule has 0 aliphatic rings. The van der Waals surface area contributed by atoms with Gasteiger partial charge in [0.2, 0.25) is 5.43 Å². The zero-order chi connectivity index (χ0) is 20.5. The molecule has 0 N–H and O–H groups in total. The number of nitrogens with zero attached hydrogens (tertiary/aromatic N) is 2. The van der Waals surface area contributed by atoms with Gasteiger partial charge in [-0.1, -0.05) is 24.6 Å². The summed E-state index contributed by atoms with van der Waals surface area (Å²) in [5.74, 6) is 0.0226. The summed E-state index contributed by atoms with van der Waals surface area (Å²) in [5, 5.41) is 4.80. The number of aryl methyl sites for hydroxylation is 1. The second-order valence-corrected chi connectivity index (χ2v) is 7.75. The molecule has 3 rings (SSSR count). The first kappa shape index (κ1) is 20.7. The molecule has 0 radical (unpaired) electrons. The summed E-state index contributed by atoms with van der Waals surface area (Å²) in [4.78, 5) is 12.9. The molecular weight excluding hydrogens is 416 g/mol. The van der Waals surface area contributed by atoms with Crippen LogP contribution in [0.15, 0.2) is 41.2 Å². The lowest BCUT2D eigenvalue weighted by atomic mass is 10.0. The van der Waals surface area contributed by atoms with Gasteiger partial charge in [0, 0.05) is 21.7 Å². The van der Waals surface area contributed by atoms with E-state index in [4.69, 9.17) is 11.6 Å². The smallest absolute Gasteiger partial charge is 0.287 e. The van der Waals surface area contributed by atoms with Gasteiger partial charge in [-0.25, -0.2) is 4.39 Å². The maximum absolute atomic E-state index is 14.6. The molecule has 148 valence electrons. The van der Waals surface area contributed by atoms with Crippen molar-refractivity contribution in [2.45, 2.75) is 19.6 Å². The van der Waals surface area contributed by atoms with Crippen LogP contribution in [0, 0.1) is 5.82 Å². The van der Waals surface area contributed by atoms with Crippen LogP contribution in [-0.2, 0) is 12.7 Å². The monoisotopic (exact) mass is 430 g/mol. The van der Waals surface area contributed by atoms with Crippen molar-refractivity contribution < 1.29 is 17.6 Å². The Hall–Kier alpha value is -2.06. The summed E-state index contributed by atoms with van der Waals surface area (Å²) in [6.07, 6.45) is -4.87. The van der Waals surface area contributed by atoms with Crippen molar-refractivity contribution in [3.8, 4) is 11.3 Å². The molecule has 0 saturated carbocycles. The number of hydrogen-bond acceptors (Lipinski definition) is 3. The molecule has 28 heavy (non-hydrogen) atoms. The van der Waals surface area contributed by atoms with Crippen LogP contribution in [-0.4, -0.2) is 21.3 Å².